The first kappa shape index (κ1) is 22.7. The van der Waals surface area contributed by atoms with Crippen molar-refractivity contribution < 1.29 is 14.2 Å². The average Bonchev–Trinajstić information content (AvgIpc) is 2.73. The molecule has 0 saturated carbocycles. The quantitative estimate of drug-likeness (QED) is 0.357. The van der Waals surface area contributed by atoms with Crippen molar-refractivity contribution in [2.75, 3.05) is 53.7 Å². The van der Waals surface area contributed by atoms with Crippen LogP contribution in [0.3, 0.4) is 0 Å². The first-order valence-corrected chi connectivity index (χ1v) is 10.5. The van der Waals surface area contributed by atoms with Gasteiger partial charge in [-0.05, 0) is 43.2 Å². The molecule has 0 radical (unpaired) electrons. The maximum absolute atomic E-state index is 5.67. The van der Waals surface area contributed by atoms with Crippen LogP contribution < -0.4 is 5.32 Å². The molecular weight excluding hydrogens is 354 g/mol. The maximum Gasteiger partial charge on any atom is 0.193 e. The van der Waals surface area contributed by atoms with Gasteiger partial charge in [0.25, 0.3) is 0 Å². The molecule has 0 amide bonds. The Bertz CT molecular complexity index is 574. The Morgan fingerprint density at radius 1 is 1.21 bits per heavy atom. The van der Waals surface area contributed by atoms with Crippen molar-refractivity contribution in [3.05, 3.63) is 35.4 Å². The van der Waals surface area contributed by atoms with Gasteiger partial charge in [0, 0.05) is 47.0 Å². The summed E-state index contributed by atoms with van der Waals surface area (Å²) >= 11 is 0. The van der Waals surface area contributed by atoms with Crippen molar-refractivity contribution in [3.63, 3.8) is 0 Å². The van der Waals surface area contributed by atoms with Gasteiger partial charge in [0.05, 0.1) is 19.8 Å². The summed E-state index contributed by atoms with van der Waals surface area (Å²) in [4.78, 5) is 6.65. The summed E-state index contributed by atoms with van der Waals surface area (Å²) in [6.07, 6.45) is 3.55. The number of aliphatic imine (C=N–C) groups is 1. The van der Waals surface area contributed by atoms with Crippen molar-refractivity contribution in [2.45, 2.75) is 39.3 Å². The molecule has 1 heterocycles. The maximum atomic E-state index is 5.67. The highest BCUT2D eigenvalue weighted by Gasteiger charge is 2.15. The summed E-state index contributed by atoms with van der Waals surface area (Å²) < 4.78 is 16.4. The van der Waals surface area contributed by atoms with E-state index < -0.39 is 0 Å². The van der Waals surface area contributed by atoms with Crippen LogP contribution in [0.15, 0.2) is 29.3 Å². The van der Waals surface area contributed by atoms with E-state index in [0.29, 0.717) is 19.8 Å². The fraction of sp³-hybridized carbons (Fsp3) is 0.682. The minimum Gasteiger partial charge on any atom is -0.381 e. The van der Waals surface area contributed by atoms with Crippen LogP contribution in [-0.4, -0.2) is 64.5 Å². The molecule has 1 saturated heterocycles. The van der Waals surface area contributed by atoms with E-state index in [9.17, 15) is 0 Å². The standard InChI is InChI=1S/C22H37N3O3/c1-4-26-14-15-28-18-21-7-5-6-20(16-21)17-24-22(23-2)25(3)11-8-19-9-12-27-13-10-19/h5-7,16,19H,4,8-15,17-18H2,1-3H3,(H,23,24). The Labute approximate surface area is 170 Å². The molecule has 0 spiro atoms. The number of rotatable bonds is 11. The summed E-state index contributed by atoms with van der Waals surface area (Å²) in [5, 5.41) is 3.47. The second kappa shape index (κ2) is 13.5. The Hall–Kier alpha value is -1.63. The van der Waals surface area contributed by atoms with Crippen LogP contribution in [0.5, 0.6) is 0 Å². The van der Waals surface area contributed by atoms with Gasteiger partial charge in [-0.15, -0.1) is 0 Å². The molecule has 0 aromatic heterocycles. The zero-order valence-corrected chi connectivity index (χ0v) is 17.8. The van der Waals surface area contributed by atoms with Crippen LogP contribution in [0, 0.1) is 5.92 Å². The monoisotopic (exact) mass is 391 g/mol. The van der Waals surface area contributed by atoms with Gasteiger partial charge < -0.3 is 24.4 Å². The van der Waals surface area contributed by atoms with Crippen molar-refractivity contribution in [3.8, 4) is 0 Å². The van der Waals surface area contributed by atoms with E-state index in [4.69, 9.17) is 14.2 Å². The second-order valence-corrected chi connectivity index (χ2v) is 7.24. The number of nitrogens with zero attached hydrogens (tertiary/aromatic N) is 2. The molecule has 2 rings (SSSR count). The molecule has 0 atom stereocenters. The first-order chi connectivity index (χ1) is 13.7. The van der Waals surface area contributed by atoms with Crippen LogP contribution in [0.25, 0.3) is 0 Å². The molecule has 1 fully saturated rings. The van der Waals surface area contributed by atoms with Gasteiger partial charge in [-0.1, -0.05) is 24.3 Å². The molecule has 6 nitrogen and oxygen atoms in total. The third-order valence-electron chi connectivity index (χ3n) is 5.07. The van der Waals surface area contributed by atoms with E-state index in [-0.39, 0.29) is 0 Å². The molecule has 0 unspecified atom stereocenters. The van der Waals surface area contributed by atoms with Gasteiger partial charge in [0.15, 0.2) is 5.96 Å². The summed E-state index contributed by atoms with van der Waals surface area (Å²) in [5.74, 6) is 1.71. The molecule has 1 aromatic rings. The molecule has 0 bridgehead atoms. The molecule has 1 aliphatic rings. The molecular formula is C22H37N3O3. The topological polar surface area (TPSA) is 55.3 Å². The van der Waals surface area contributed by atoms with Gasteiger partial charge in [-0.25, -0.2) is 0 Å². The van der Waals surface area contributed by atoms with E-state index in [1.807, 2.05) is 14.0 Å². The average molecular weight is 392 g/mol. The van der Waals surface area contributed by atoms with Gasteiger partial charge in [0.2, 0.25) is 0 Å². The van der Waals surface area contributed by atoms with E-state index in [1.165, 1.54) is 30.4 Å². The normalized spacial score (nSPS) is 15.6. The van der Waals surface area contributed by atoms with Gasteiger partial charge in [-0.2, -0.15) is 0 Å². The fourth-order valence-corrected chi connectivity index (χ4v) is 3.36. The van der Waals surface area contributed by atoms with Crippen molar-refractivity contribution >= 4 is 5.96 Å². The minimum absolute atomic E-state index is 0.612. The van der Waals surface area contributed by atoms with Gasteiger partial charge >= 0.3 is 0 Å². The largest absolute Gasteiger partial charge is 0.381 e. The predicted molar refractivity (Wildman–Crippen MR) is 114 cm³/mol. The third kappa shape index (κ3) is 8.59. The molecule has 158 valence electrons. The highest BCUT2D eigenvalue weighted by atomic mass is 16.5. The number of hydrogen-bond donors (Lipinski definition) is 1. The molecule has 1 N–H and O–H groups in total. The number of hydrogen-bond acceptors (Lipinski definition) is 4. The number of nitrogens with one attached hydrogen (secondary N) is 1. The zero-order chi connectivity index (χ0) is 20.0. The van der Waals surface area contributed by atoms with Gasteiger partial charge in [-0.3, -0.25) is 4.99 Å². The van der Waals surface area contributed by atoms with E-state index in [1.54, 1.807) is 0 Å². The number of benzene rings is 1. The summed E-state index contributed by atoms with van der Waals surface area (Å²) in [7, 11) is 3.95. The summed E-state index contributed by atoms with van der Waals surface area (Å²) in [6.45, 7) is 8.19. The smallest absolute Gasteiger partial charge is 0.193 e. The Morgan fingerprint density at radius 2 is 1.96 bits per heavy atom. The lowest BCUT2D eigenvalue weighted by molar-refractivity contribution is 0.0453. The van der Waals surface area contributed by atoms with Crippen LogP contribution in [0.4, 0.5) is 0 Å². The van der Waals surface area contributed by atoms with Crippen molar-refractivity contribution in [1.29, 1.82) is 0 Å². The SMILES string of the molecule is CCOCCOCc1cccc(CNC(=NC)N(C)CCC2CCOCC2)c1. The lowest BCUT2D eigenvalue weighted by atomic mass is 9.96. The number of guanidine groups is 1. The molecule has 6 heteroatoms. The third-order valence-corrected chi connectivity index (χ3v) is 5.07. The van der Waals surface area contributed by atoms with E-state index in [0.717, 1.165) is 44.8 Å². The fourth-order valence-electron chi connectivity index (χ4n) is 3.36. The molecule has 0 aliphatic carbocycles. The minimum atomic E-state index is 0.612. The number of ether oxygens (including phenoxy) is 3. The van der Waals surface area contributed by atoms with Gasteiger partial charge in [0.1, 0.15) is 0 Å². The van der Waals surface area contributed by atoms with Crippen molar-refractivity contribution in [1.82, 2.24) is 10.2 Å². The summed E-state index contributed by atoms with van der Waals surface area (Å²) in [5.41, 5.74) is 2.41. The van der Waals surface area contributed by atoms with Crippen LogP contribution in [0.2, 0.25) is 0 Å². The highest BCUT2D eigenvalue weighted by Crippen LogP contribution is 2.18. The molecule has 28 heavy (non-hydrogen) atoms. The lowest BCUT2D eigenvalue weighted by Gasteiger charge is -2.27. The van der Waals surface area contributed by atoms with Crippen LogP contribution in [0.1, 0.15) is 37.3 Å². The second-order valence-electron chi connectivity index (χ2n) is 7.24. The predicted octanol–water partition coefficient (Wildman–Crippen LogP) is 3.06. The first-order valence-electron chi connectivity index (χ1n) is 10.5. The van der Waals surface area contributed by atoms with Crippen molar-refractivity contribution in [2.24, 2.45) is 10.9 Å². The Kier molecular flexibility index (Phi) is 10.9. The van der Waals surface area contributed by atoms with Crippen LogP contribution >= 0.6 is 0 Å². The van der Waals surface area contributed by atoms with E-state index in [2.05, 4.69) is 46.5 Å². The summed E-state index contributed by atoms with van der Waals surface area (Å²) in [6, 6.07) is 8.49. The zero-order valence-electron chi connectivity index (χ0n) is 17.8. The Morgan fingerprint density at radius 3 is 2.71 bits per heavy atom. The molecule has 1 aromatic carbocycles. The lowest BCUT2D eigenvalue weighted by Crippen LogP contribution is -2.39. The molecule has 1 aliphatic heterocycles. The Balaban J connectivity index is 1.73. The highest BCUT2D eigenvalue weighted by molar-refractivity contribution is 5.79. The van der Waals surface area contributed by atoms with E-state index >= 15 is 0 Å². The van der Waals surface area contributed by atoms with Crippen LogP contribution in [-0.2, 0) is 27.4 Å².